The van der Waals surface area contributed by atoms with E-state index in [9.17, 15) is 0 Å². The smallest absolute Gasteiger partial charge is 0.143 e. The Kier molecular flexibility index (Phi) is 7.40. The summed E-state index contributed by atoms with van der Waals surface area (Å²) in [5.74, 6) is 0. The SMILES string of the molecule is c1ccc(N(c2ccc(-c3cccc4c3oc3ccccc34)cc2)c2ccc(-c3cccc(-c4cccc5c4oc4ccccc45)c3)c3sc4ccccc4c23)cc1. The van der Waals surface area contributed by atoms with Crippen LogP contribution in [0.4, 0.5) is 17.1 Å². The fourth-order valence-electron chi connectivity index (χ4n) is 8.82. The monoisotopic (exact) mass is 759 g/mol. The minimum absolute atomic E-state index is 0.905. The molecule has 0 aliphatic rings. The average Bonchev–Trinajstić information content (AvgIpc) is 3.99. The molecule has 12 aromatic rings. The van der Waals surface area contributed by atoms with Gasteiger partial charge in [-0.1, -0.05) is 146 Å². The van der Waals surface area contributed by atoms with Gasteiger partial charge < -0.3 is 13.7 Å². The molecule has 58 heavy (non-hydrogen) atoms. The van der Waals surface area contributed by atoms with Gasteiger partial charge in [-0.05, 0) is 76.9 Å². The Morgan fingerprint density at radius 2 is 0.897 bits per heavy atom. The third kappa shape index (κ3) is 5.12. The second-order valence-corrected chi connectivity index (χ2v) is 15.8. The van der Waals surface area contributed by atoms with Gasteiger partial charge in [0.15, 0.2) is 0 Å². The van der Waals surface area contributed by atoms with Crippen LogP contribution in [0.1, 0.15) is 0 Å². The molecule has 0 radical (unpaired) electrons. The van der Waals surface area contributed by atoms with Crippen LogP contribution in [-0.2, 0) is 0 Å². The Bertz CT molecular complexity index is 3520. The molecule has 0 fully saturated rings. The van der Waals surface area contributed by atoms with Crippen LogP contribution in [0, 0.1) is 0 Å². The summed E-state index contributed by atoms with van der Waals surface area (Å²) in [5, 5.41) is 7.03. The van der Waals surface area contributed by atoms with E-state index < -0.39 is 0 Å². The van der Waals surface area contributed by atoms with Crippen LogP contribution >= 0.6 is 11.3 Å². The van der Waals surface area contributed by atoms with Crippen LogP contribution in [0.2, 0.25) is 0 Å². The molecular weight excluding hydrogens is 727 g/mol. The van der Waals surface area contributed by atoms with Gasteiger partial charge in [0, 0.05) is 64.2 Å². The third-order valence-electron chi connectivity index (χ3n) is 11.5. The lowest BCUT2D eigenvalue weighted by molar-refractivity contribution is 0.669. The number of hydrogen-bond acceptors (Lipinski definition) is 4. The summed E-state index contributed by atoms with van der Waals surface area (Å²) in [6.45, 7) is 0. The largest absolute Gasteiger partial charge is 0.455 e. The zero-order chi connectivity index (χ0) is 38.2. The van der Waals surface area contributed by atoms with Crippen molar-refractivity contribution in [1.29, 1.82) is 0 Å². The van der Waals surface area contributed by atoms with Gasteiger partial charge in [0.1, 0.15) is 22.3 Å². The Hall–Kier alpha value is -7.40. The van der Waals surface area contributed by atoms with Gasteiger partial charge in [0.25, 0.3) is 0 Å². The first kappa shape index (κ1) is 32.8. The van der Waals surface area contributed by atoms with E-state index in [-0.39, 0.29) is 0 Å². The number of benzene rings is 9. The lowest BCUT2D eigenvalue weighted by Crippen LogP contribution is -2.10. The van der Waals surface area contributed by atoms with Crippen molar-refractivity contribution in [3.8, 4) is 33.4 Å². The first-order valence-electron chi connectivity index (χ1n) is 19.6. The first-order chi connectivity index (χ1) is 28.8. The maximum absolute atomic E-state index is 6.48. The molecule has 0 amide bonds. The van der Waals surface area contributed by atoms with E-state index in [0.29, 0.717) is 0 Å². The number of furan rings is 2. The van der Waals surface area contributed by atoms with Crippen molar-refractivity contribution in [2.75, 3.05) is 4.90 Å². The van der Waals surface area contributed by atoms with Crippen molar-refractivity contribution in [2.24, 2.45) is 0 Å². The molecule has 3 heterocycles. The summed E-state index contributed by atoms with van der Waals surface area (Å²) < 4.78 is 15.4. The topological polar surface area (TPSA) is 29.5 Å². The molecule has 0 bridgehead atoms. The molecule has 0 aliphatic carbocycles. The fourth-order valence-corrected chi connectivity index (χ4v) is 10.1. The second-order valence-electron chi connectivity index (χ2n) is 14.8. The second kappa shape index (κ2) is 13.1. The highest BCUT2D eigenvalue weighted by atomic mass is 32.1. The quantitative estimate of drug-likeness (QED) is 0.169. The Balaban J connectivity index is 1.02. The molecular formula is C54H33NO2S. The summed E-state index contributed by atoms with van der Waals surface area (Å²) in [6.07, 6.45) is 0. The fraction of sp³-hybridized carbons (Fsp3) is 0. The van der Waals surface area contributed by atoms with E-state index in [2.05, 4.69) is 181 Å². The molecule has 3 nitrogen and oxygen atoms in total. The molecule has 3 aromatic heterocycles. The van der Waals surface area contributed by atoms with E-state index in [1.54, 1.807) is 0 Å². The molecule has 9 aromatic carbocycles. The molecule has 4 heteroatoms. The summed E-state index contributed by atoms with van der Waals surface area (Å²) in [4.78, 5) is 2.40. The van der Waals surface area contributed by atoms with Crippen LogP contribution in [0.5, 0.6) is 0 Å². The highest BCUT2D eigenvalue weighted by Gasteiger charge is 2.22. The van der Waals surface area contributed by atoms with Gasteiger partial charge in [-0.15, -0.1) is 11.3 Å². The van der Waals surface area contributed by atoms with Gasteiger partial charge in [0.05, 0.1) is 5.69 Å². The summed E-state index contributed by atoms with van der Waals surface area (Å²) in [6, 6.07) is 71.4. The standard InChI is InChI=1S/C54H33NO2S/c1-2-15-37(16-3-1)55(38-29-27-34(28-30-38)39-20-11-22-44-42-17-4-7-24-48(42)56-52(39)44)47-32-31-41(54-51(47)46-19-6-9-26-50(46)58-54)36-14-10-13-35(33-36)40-21-12-23-45-43-18-5-8-25-49(43)57-53(40)45/h1-33H. The van der Waals surface area contributed by atoms with E-state index in [4.69, 9.17) is 8.83 Å². The Labute approximate surface area is 338 Å². The number of anilines is 3. The van der Waals surface area contributed by atoms with E-state index >= 15 is 0 Å². The van der Waals surface area contributed by atoms with Crippen LogP contribution in [0.25, 0.3) is 97.4 Å². The minimum atomic E-state index is 0.905. The number of fused-ring (bicyclic) bond motifs is 9. The van der Waals surface area contributed by atoms with Gasteiger partial charge >= 0.3 is 0 Å². The predicted molar refractivity (Wildman–Crippen MR) is 245 cm³/mol. The lowest BCUT2D eigenvalue weighted by Gasteiger charge is -2.27. The Morgan fingerprint density at radius 1 is 0.362 bits per heavy atom. The zero-order valence-electron chi connectivity index (χ0n) is 31.2. The van der Waals surface area contributed by atoms with E-state index in [1.165, 1.54) is 31.3 Å². The van der Waals surface area contributed by atoms with Crippen molar-refractivity contribution in [1.82, 2.24) is 0 Å². The molecule has 0 aliphatic heterocycles. The molecule has 0 atom stereocenters. The van der Waals surface area contributed by atoms with Crippen LogP contribution in [0.15, 0.2) is 209 Å². The zero-order valence-corrected chi connectivity index (χ0v) is 32.0. The molecule has 0 saturated carbocycles. The van der Waals surface area contributed by atoms with Crippen LogP contribution in [-0.4, -0.2) is 0 Å². The van der Waals surface area contributed by atoms with Crippen molar-refractivity contribution >= 4 is 92.4 Å². The van der Waals surface area contributed by atoms with Crippen molar-refractivity contribution in [3.63, 3.8) is 0 Å². The normalized spacial score (nSPS) is 11.8. The number of hydrogen-bond donors (Lipinski definition) is 0. The van der Waals surface area contributed by atoms with Gasteiger partial charge in [-0.2, -0.15) is 0 Å². The van der Waals surface area contributed by atoms with E-state index in [1.807, 2.05) is 35.6 Å². The van der Waals surface area contributed by atoms with Gasteiger partial charge in [0.2, 0.25) is 0 Å². The average molecular weight is 760 g/mol. The molecule has 0 N–H and O–H groups in total. The van der Waals surface area contributed by atoms with Gasteiger partial charge in [-0.3, -0.25) is 0 Å². The van der Waals surface area contributed by atoms with Crippen molar-refractivity contribution in [2.45, 2.75) is 0 Å². The molecule has 12 rings (SSSR count). The summed E-state index contributed by atoms with van der Waals surface area (Å²) in [5.41, 5.74) is 13.8. The molecule has 272 valence electrons. The van der Waals surface area contributed by atoms with Gasteiger partial charge in [-0.25, -0.2) is 0 Å². The van der Waals surface area contributed by atoms with Crippen molar-refractivity contribution in [3.05, 3.63) is 200 Å². The highest BCUT2D eigenvalue weighted by molar-refractivity contribution is 7.26. The Morgan fingerprint density at radius 3 is 1.59 bits per heavy atom. The number of para-hydroxylation sites is 5. The molecule has 0 saturated heterocycles. The van der Waals surface area contributed by atoms with Crippen LogP contribution in [0.3, 0.4) is 0 Å². The van der Waals surface area contributed by atoms with E-state index in [0.717, 1.165) is 83.2 Å². The summed E-state index contributed by atoms with van der Waals surface area (Å²) >= 11 is 1.86. The predicted octanol–water partition coefficient (Wildman–Crippen LogP) is 16.3. The van der Waals surface area contributed by atoms with Crippen molar-refractivity contribution < 1.29 is 8.83 Å². The number of rotatable bonds is 6. The number of nitrogens with zero attached hydrogens (tertiary/aromatic N) is 1. The highest BCUT2D eigenvalue weighted by Crippen LogP contribution is 2.49. The lowest BCUT2D eigenvalue weighted by atomic mass is 9.96. The maximum atomic E-state index is 6.48. The minimum Gasteiger partial charge on any atom is -0.455 e. The first-order valence-corrected chi connectivity index (χ1v) is 20.4. The molecule has 0 spiro atoms. The van der Waals surface area contributed by atoms with Crippen LogP contribution < -0.4 is 4.90 Å². The molecule has 0 unspecified atom stereocenters. The maximum Gasteiger partial charge on any atom is 0.143 e. The third-order valence-corrected chi connectivity index (χ3v) is 12.7. The number of thiophene rings is 1. The summed E-state index contributed by atoms with van der Waals surface area (Å²) in [7, 11) is 0.